The molecule has 0 bridgehead atoms. The number of carboxylic acids is 1. The quantitative estimate of drug-likeness (QED) is 0.0411. The summed E-state index contributed by atoms with van der Waals surface area (Å²) in [6, 6.07) is -8.79. The van der Waals surface area contributed by atoms with E-state index in [0.29, 0.717) is 12.8 Å². The summed E-state index contributed by atoms with van der Waals surface area (Å²) >= 11 is 0. The summed E-state index contributed by atoms with van der Waals surface area (Å²) in [5.74, 6) is -9.07. The molecule has 0 heterocycles. The Morgan fingerprint density at radius 3 is 1.24 bits per heavy atom. The lowest BCUT2D eigenvalue weighted by Gasteiger charge is -2.30. The van der Waals surface area contributed by atoms with E-state index in [1.807, 2.05) is 6.92 Å². The van der Waals surface area contributed by atoms with Crippen LogP contribution in [0.25, 0.3) is 0 Å². The number of nitrogens with one attached hydrogen (secondary N) is 8. The molecule has 21 nitrogen and oxygen atoms in total. The predicted molar refractivity (Wildman–Crippen MR) is 229 cm³/mol. The molecule has 356 valence electrons. The van der Waals surface area contributed by atoms with Gasteiger partial charge >= 0.3 is 5.97 Å². The summed E-state index contributed by atoms with van der Waals surface area (Å²) in [5, 5.41) is 49.7. The molecule has 0 fully saturated rings. The van der Waals surface area contributed by atoms with Gasteiger partial charge in [-0.3, -0.25) is 38.4 Å². The first-order chi connectivity index (χ1) is 28.7. The minimum Gasteiger partial charge on any atom is -0.480 e. The summed E-state index contributed by atoms with van der Waals surface area (Å²) in [6.07, 6.45) is -1.53. The number of carbonyl (C=O) groups excluding carboxylic acids is 8. The van der Waals surface area contributed by atoms with E-state index in [4.69, 9.17) is 5.73 Å². The molecule has 13 N–H and O–H groups in total. The van der Waals surface area contributed by atoms with Crippen molar-refractivity contribution in [1.82, 2.24) is 42.5 Å². The van der Waals surface area contributed by atoms with E-state index in [2.05, 4.69) is 42.5 Å². The summed E-state index contributed by atoms with van der Waals surface area (Å²) in [5.41, 5.74) is 5.94. The lowest BCUT2D eigenvalue weighted by atomic mass is 9.96. The van der Waals surface area contributed by atoms with Crippen molar-refractivity contribution in [2.45, 2.75) is 163 Å². The topological polar surface area (TPSA) is 337 Å². The molecular weight excluding hydrogens is 811 g/mol. The molecule has 0 saturated heterocycles. The molecular formula is C41H75N9O12. The van der Waals surface area contributed by atoms with E-state index >= 15 is 0 Å². The molecule has 0 rings (SSSR count). The molecule has 0 aromatic carbocycles. The highest BCUT2D eigenvalue weighted by molar-refractivity contribution is 5.97. The summed E-state index contributed by atoms with van der Waals surface area (Å²) in [6.45, 7) is 18.7. The molecule has 0 unspecified atom stereocenters. The number of carbonyl (C=O) groups is 9. The second-order valence-corrected chi connectivity index (χ2v) is 17.2. The number of hydrogen-bond donors (Lipinski definition) is 12. The maximum Gasteiger partial charge on any atom is 0.326 e. The van der Waals surface area contributed by atoms with Gasteiger partial charge in [-0.15, -0.1) is 0 Å². The number of aliphatic carboxylic acids is 1. The Morgan fingerprint density at radius 1 is 0.468 bits per heavy atom. The van der Waals surface area contributed by atoms with Gasteiger partial charge in [0.05, 0.1) is 31.3 Å². The van der Waals surface area contributed by atoms with E-state index in [0.717, 1.165) is 0 Å². The van der Waals surface area contributed by atoms with E-state index < -0.39 is 133 Å². The monoisotopic (exact) mass is 886 g/mol. The molecule has 0 aliphatic rings. The van der Waals surface area contributed by atoms with Gasteiger partial charge in [0.2, 0.25) is 47.3 Å². The van der Waals surface area contributed by atoms with Crippen molar-refractivity contribution < 1.29 is 58.5 Å². The molecule has 0 aromatic heterocycles. The van der Waals surface area contributed by atoms with Crippen LogP contribution in [0.1, 0.15) is 109 Å². The molecule has 0 aliphatic carbocycles. The molecule has 0 saturated carbocycles. The summed E-state index contributed by atoms with van der Waals surface area (Å²) in [7, 11) is 0. The smallest absolute Gasteiger partial charge is 0.326 e. The number of aliphatic hydroxyl groups is 2. The maximum absolute atomic E-state index is 13.7. The second-order valence-electron chi connectivity index (χ2n) is 17.2. The number of carboxylic acid groups (broad SMARTS) is 1. The SMILES string of the molecule is CC[C@H](C)[C@H](N)C(=O)N[C@H](C(=O)NCC(=O)N[C@@H](CC(C)C)C(=O)NCC(=O)N[C@@H](CC(C)C)C(=O)N[C@H](C(=O)N[C@H](C(=O)N[C@H](C(=O)O)C(C)C)[C@@H](C)O)[C@@H](C)CC)[C@@H](C)O. The third-order valence-electron chi connectivity index (χ3n) is 10.3. The largest absolute Gasteiger partial charge is 0.480 e. The van der Waals surface area contributed by atoms with Crippen LogP contribution in [-0.2, 0) is 43.2 Å². The zero-order chi connectivity index (χ0) is 48.2. The van der Waals surface area contributed by atoms with E-state index in [-0.39, 0.29) is 30.6 Å². The Kier molecular flexibility index (Phi) is 25.7. The first kappa shape index (κ1) is 57.1. The van der Waals surface area contributed by atoms with Gasteiger partial charge in [0.25, 0.3) is 0 Å². The lowest BCUT2D eigenvalue weighted by Crippen LogP contribution is -2.62. The Morgan fingerprint density at radius 2 is 0.839 bits per heavy atom. The molecule has 0 aromatic rings. The Hall–Kier alpha value is -4.89. The maximum atomic E-state index is 13.7. The fourth-order valence-corrected chi connectivity index (χ4v) is 5.99. The lowest BCUT2D eigenvalue weighted by molar-refractivity contribution is -0.144. The Balaban J connectivity index is 5.82. The first-order valence-corrected chi connectivity index (χ1v) is 21.4. The minimum absolute atomic E-state index is 0.110. The number of aliphatic hydroxyl groups excluding tert-OH is 2. The zero-order valence-corrected chi connectivity index (χ0v) is 38.4. The van der Waals surface area contributed by atoms with Crippen LogP contribution in [0.3, 0.4) is 0 Å². The van der Waals surface area contributed by atoms with Gasteiger partial charge < -0.3 is 63.6 Å². The van der Waals surface area contributed by atoms with Crippen molar-refractivity contribution in [3.8, 4) is 0 Å². The molecule has 21 heteroatoms. The number of amides is 8. The van der Waals surface area contributed by atoms with Crippen molar-refractivity contribution in [2.24, 2.45) is 35.3 Å². The van der Waals surface area contributed by atoms with Crippen molar-refractivity contribution in [3.05, 3.63) is 0 Å². The molecule has 11 atom stereocenters. The summed E-state index contributed by atoms with van der Waals surface area (Å²) < 4.78 is 0. The van der Waals surface area contributed by atoms with Crippen LogP contribution in [0.2, 0.25) is 0 Å². The van der Waals surface area contributed by atoms with E-state index in [9.17, 15) is 58.5 Å². The molecule has 0 aliphatic heterocycles. The fraction of sp³-hybridized carbons (Fsp3) is 0.780. The fourth-order valence-electron chi connectivity index (χ4n) is 5.99. The third-order valence-corrected chi connectivity index (χ3v) is 10.3. The van der Waals surface area contributed by atoms with Gasteiger partial charge in [-0.25, -0.2) is 4.79 Å². The van der Waals surface area contributed by atoms with Gasteiger partial charge in [-0.2, -0.15) is 0 Å². The van der Waals surface area contributed by atoms with Gasteiger partial charge in [0, 0.05) is 0 Å². The predicted octanol–water partition coefficient (Wildman–Crippen LogP) is -1.86. The minimum atomic E-state index is -1.56. The highest BCUT2D eigenvalue weighted by atomic mass is 16.4. The van der Waals surface area contributed by atoms with Gasteiger partial charge in [-0.1, -0.05) is 82.1 Å². The second kappa shape index (κ2) is 27.9. The van der Waals surface area contributed by atoms with Crippen molar-refractivity contribution in [3.63, 3.8) is 0 Å². The van der Waals surface area contributed by atoms with Crippen LogP contribution in [0, 0.1) is 29.6 Å². The first-order valence-electron chi connectivity index (χ1n) is 21.4. The third kappa shape index (κ3) is 20.3. The Labute approximate surface area is 365 Å². The molecule has 62 heavy (non-hydrogen) atoms. The number of nitrogens with two attached hydrogens (primary N) is 1. The zero-order valence-electron chi connectivity index (χ0n) is 38.4. The number of hydrogen-bond acceptors (Lipinski definition) is 12. The van der Waals surface area contributed by atoms with Crippen molar-refractivity contribution >= 4 is 53.2 Å². The average Bonchev–Trinajstić information content (AvgIpc) is 3.18. The van der Waals surface area contributed by atoms with Crippen LogP contribution < -0.4 is 48.3 Å². The van der Waals surface area contributed by atoms with E-state index in [1.54, 1.807) is 62.3 Å². The van der Waals surface area contributed by atoms with Crippen molar-refractivity contribution in [2.75, 3.05) is 13.1 Å². The van der Waals surface area contributed by atoms with Crippen LogP contribution >= 0.6 is 0 Å². The molecule has 0 radical (unpaired) electrons. The van der Waals surface area contributed by atoms with Gasteiger partial charge in [-0.05, 0) is 56.3 Å². The van der Waals surface area contributed by atoms with Crippen LogP contribution in [0.15, 0.2) is 0 Å². The molecule has 8 amide bonds. The van der Waals surface area contributed by atoms with Crippen LogP contribution in [0.5, 0.6) is 0 Å². The van der Waals surface area contributed by atoms with E-state index in [1.165, 1.54) is 13.8 Å². The average molecular weight is 886 g/mol. The van der Waals surface area contributed by atoms with Gasteiger partial charge in [0.15, 0.2) is 0 Å². The van der Waals surface area contributed by atoms with Crippen LogP contribution in [-0.4, -0.2) is 136 Å². The highest BCUT2D eigenvalue weighted by Crippen LogP contribution is 2.13. The summed E-state index contributed by atoms with van der Waals surface area (Å²) in [4.78, 5) is 117. The van der Waals surface area contributed by atoms with Crippen molar-refractivity contribution in [1.29, 1.82) is 0 Å². The standard InChI is InChI=1S/C41H75N9O12/c1-13-22(9)30(42)37(57)49-33(24(11)51)38(58)44-18-29(54)45-26(15-19(3)4)35(55)43-17-28(53)46-27(16-20(5)6)36(56)48-32(23(10)14-2)39(59)50-34(25(12)52)40(60)47-31(21(7)8)41(61)62/h19-27,30-34,51-52H,13-18,42H2,1-12H3,(H,43,55)(H,44,58)(H,45,54)(H,46,53)(H,47,60)(H,48,56)(H,49,57)(H,50,59)(H,61,62)/t22-,23-,24+,25+,26-,27-,30-,31-,32-,33-,34-/m0/s1. The molecule has 0 spiro atoms. The van der Waals surface area contributed by atoms with Crippen LogP contribution in [0.4, 0.5) is 0 Å². The normalized spacial score (nSPS) is 16.7. The number of rotatable bonds is 28. The van der Waals surface area contributed by atoms with Gasteiger partial charge in [0.1, 0.15) is 36.3 Å². The Bertz CT molecular complexity index is 1520. The highest BCUT2D eigenvalue weighted by Gasteiger charge is 2.36.